The first-order valence-corrected chi connectivity index (χ1v) is 9.03. The van der Waals surface area contributed by atoms with Crippen molar-refractivity contribution < 1.29 is 4.79 Å². The lowest BCUT2D eigenvalue weighted by Gasteiger charge is -2.20. The highest BCUT2D eigenvalue weighted by molar-refractivity contribution is 5.99. The molecule has 1 fully saturated rings. The van der Waals surface area contributed by atoms with E-state index in [0.29, 0.717) is 17.3 Å². The normalized spacial score (nSPS) is 18.0. The Bertz CT molecular complexity index is 736. The highest BCUT2D eigenvalue weighted by atomic mass is 16.2. The number of carbonyl (C=O) groups excluding carboxylic acids is 1. The molecule has 1 atom stereocenters. The van der Waals surface area contributed by atoms with E-state index in [4.69, 9.17) is 0 Å². The van der Waals surface area contributed by atoms with E-state index in [1.807, 2.05) is 17.3 Å². The van der Waals surface area contributed by atoms with Crippen LogP contribution < -0.4 is 0 Å². The molecule has 3 heterocycles. The zero-order valence-corrected chi connectivity index (χ0v) is 15.6. The van der Waals surface area contributed by atoms with E-state index in [0.717, 1.165) is 44.7 Å². The summed E-state index contributed by atoms with van der Waals surface area (Å²) in [4.78, 5) is 23.8. The number of rotatable bonds is 6. The van der Waals surface area contributed by atoms with Gasteiger partial charge in [0.15, 0.2) is 5.65 Å². The second kappa shape index (κ2) is 7.49. The van der Waals surface area contributed by atoms with Gasteiger partial charge in [0.05, 0.1) is 6.20 Å². The van der Waals surface area contributed by atoms with Crippen molar-refractivity contribution in [3.8, 4) is 0 Å². The maximum atomic E-state index is 12.9. The first-order valence-electron chi connectivity index (χ1n) is 9.03. The molecule has 2 aromatic heterocycles. The highest BCUT2D eigenvalue weighted by Gasteiger charge is 2.29. The number of hydrogen-bond acceptors (Lipinski definition) is 5. The van der Waals surface area contributed by atoms with Crippen molar-refractivity contribution in [2.24, 2.45) is 0 Å². The smallest absolute Gasteiger partial charge is 0.259 e. The first kappa shape index (κ1) is 17.8. The number of nitrogens with zero attached hydrogens (tertiary/aromatic N) is 6. The summed E-state index contributed by atoms with van der Waals surface area (Å²) in [6.07, 6.45) is 6.50. The summed E-state index contributed by atoms with van der Waals surface area (Å²) in [5, 5.41) is 4.36. The lowest BCUT2D eigenvalue weighted by molar-refractivity contribution is 0.0784. The molecule has 1 aliphatic heterocycles. The summed E-state index contributed by atoms with van der Waals surface area (Å²) in [5.74, 6) is 0.0309. The van der Waals surface area contributed by atoms with Gasteiger partial charge in [0.25, 0.3) is 5.91 Å². The summed E-state index contributed by atoms with van der Waals surface area (Å²) >= 11 is 0. The van der Waals surface area contributed by atoms with E-state index >= 15 is 0 Å². The van der Waals surface area contributed by atoms with Crippen molar-refractivity contribution in [2.45, 2.75) is 32.9 Å². The van der Waals surface area contributed by atoms with Gasteiger partial charge >= 0.3 is 0 Å². The molecule has 1 aliphatic rings. The van der Waals surface area contributed by atoms with E-state index in [1.165, 1.54) is 0 Å². The summed E-state index contributed by atoms with van der Waals surface area (Å²) in [7, 11) is 4.12. The predicted octanol–water partition coefficient (Wildman–Crippen LogP) is 1.35. The Labute approximate surface area is 149 Å². The minimum absolute atomic E-state index is 0.0309. The van der Waals surface area contributed by atoms with E-state index in [-0.39, 0.29) is 5.91 Å². The van der Waals surface area contributed by atoms with Crippen LogP contribution in [0.1, 0.15) is 36.2 Å². The number of likely N-dealkylation sites (N-methyl/N-ethyl adjacent to an activating group) is 1. The Hall–Kier alpha value is -1.99. The van der Waals surface area contributed by atoms with Crippen molar-refractivity contribution in [2.75, 3.05) is 40.3 Å². The van der Waals surface area contributed by atoms with Gasteiger partial charge in [0.2, 0.25) is 0 Å². The number of amides is 1. The fraction of sp³-hybridized carbons (Fsp3) is 0.611. The van der Waals surface area contributed by atoms with Crippen LogP contribution in [0.2, 0.25) is 0 Å². The van der Waals surface area contributed by atoms with Gasteiger partial charge in [-0.3, -0.25) is 9.69 Å². The molecule has 7 nitrogen and oxygen atoms in total. The van der Waals surface area contributed by atoms with Crippen molar-refractivity contribution >= 4 is 11.6 Å². The topological polar surface area (TPSA) is 57.0 Å². The summed E-state index contributed by atoms with van der Waals surface area (Å²) in [6, 6.07) is 0.430. The number of likely N-dealkylation sites (tertiary alicyclic amines) is 1. The molecule has 136 valence electrons. The Kier molecular flexibility index (Phi) is 5.34. The molecule has 25 heavy (non-hydrogen) atoms. The lowest BCUT2D eigenvalue weighted by atomic mass is 10.2. The molecular formula is C18H28N6O. The largest absolute Gasteiger partial charge is 0.337 e. The number of hydrogen-bond donors (Lipinski definition) is 0. The number of fused-ring (bicyclic) bond motifs is 1. The SMILES string of the molecule is CCN(CC)Cc1cnc2c(C(=O)N3CCC(N(C)C)C3)cnn2c1. The zero-order valence-electron chi connectivity index (χ0n) is 15.6. The van der Waals surface area contributed by atoms with Crippen LogP contribution in [0.4, 0.5) is 0 Å². The zero-order chi connectivity index (χ0) is 18.0. The Morgan fingerprint density at radius 3 is 2.68 bits per heavy atom. The van der Waals surface area contributed by atoms with Gasteiger partial charge in [0, 0.05) is 43.6 Å². The third-order valence-corrected chi connectivity index (χ3v) is 5.12. The standard InChI is InChI=1S/C18H28N6O/c1-5-22(6-2)11-14-9-19-17-16(10-20-24(17)12-14)18(25)23-8-7-15(13-23)21(3)4/h9-10,12,15H,5-8,11,13H2,1-4H3. The summed E-state index contributed by atoms with van der Waals surface area (Å²) < 4.78 is 1.73. The predicted molar refractivity (Wildman–Crippen MR) is 97.6 cm³/mol. The third kappa shape index (κ3) is 3.67. The van der Waals surface area contributed by atoms with Crippen molar-refractivity contribution in [1.29, 1.82) is 0 Å². The first-order chi connectivity index (χ1) is 12.0. The second-order valence-electron chi connectivity index (χ2n) is 6.91. The third-order valence-electron chi connectivity index (χ3n) is 5.12. The molecule has 2 aromatic rings. The van der Waals surface area contributed by atoms with Crippen LogP contribution in [-0.2, 0) is 6.54 Å². The molecule has 0 N–H and O–H groups in total. The highest BCUT2D eigenvalue weighted by Crippen LogP contribution is 2.18. The van der Waals surface area contributed by atoms with E-state index in [9.17, 15) is 4.79 Å². The molecule has 0 spiro atoms. The number of aromatic nitrogens is 3. The van der Waals surface area contributed by atoms with Gasteiger partial charge in [-0.1, -0.05) is 13.8 Å². The quantitative estimate of drug-likeness (QED) is 0.792. The van der Waals surface area contributed by atoms with Crippen LogP contribution in [0.5, 0.6) is 0 Å². The van der Waals surface area contributed by atoms with Gasteiger partial charge in [-0.15, -0.1) is 0 Å². The molecule has 7 heteroatoms. The summed E-state index contributed by atoms with van der Waals surface area (Å²) in [6.45, 7) is 8.70. The minimum atomic E-state index is 0.0309. The Morgan fingerprint density at radius 2 is 2.04 bits per heavy atom. The monoisotopic (exact) mass is 344 g/mol. The fourth-order valence-electron chi connectivity index (χ4n) is 3.37. The Balaban J connectivity index is 1.78. The molecule has 1 amide bonds. The number of carbonyl (C=O) groups is 1. The van der Waals surface area contributed by atoms with Gasteiger partial charge in [0.1, 0.15) is 5.56 Å². The van der Waals surface area contributed by atoms with Crippen LogP contribution >= 0.6 is 0 Å². The van der Waals surface area contributed by atoms with E-state index in [1.54, 1.807) is 10.7 Å². The van der Waals surface area contributed by atoms with Crippen LogP contribution in [0.3, 0.4) is 0 Å². The molecule has 0 aliphatic carbocycles. The minimum Gasteiger partial charge on any atom is -0.337 e. The van der Waals surface area contributed by atoms with Gasteiger partial charge in [-0.05, 0) is 33.6 Å². The molecule has 1 saturated heterocycles. The maximum Gasteiger partial charge on any atom is 0.259 e. The van der Waals surface area contributed by atoms with Gasteiger partial charge < -0.3 is 9.80 Å². The fourth-order valence-corrected chi connectivity index (χ4v) is 3.37. The van der Waals surface area contributed by atoms with E-state index < -0.39 is 0 Å². The molecule has 3 rings (SSSR count). The molecule has 1 unspecified atom stereocenters. The molecule has 0 saturated carbocycles. The van der Waals surface area contributed by atoms with Crippen LogP contribution in [0.25, 0.3) is 5.65 Å². The van der Waals surface area contributed by atoms with Crippen molar-refractivity contribution in [3.63, 3.8) is 0 Å². The lowest BCUT2D eigenvalue weighted by Crippen LogP contribution is -2.34. The molecule has 0 aromatic carbocycles. The molecule has 0 radical (unpaired) electrons. The Morgan fingerprint density at radius 1 is 1.28 bits per heavy atom. The van der Waals surface area contributed by atoms with Crippen LogP contribution in [0.15, 0.2) is 18.6 Å². The van der Waals surface area contributed by atoms with Crippen molar-refractivity contribution in [1.82, 2.24) is 29.3 Å². The van der Waals surface area contributed by atoms with Crippen LogP contribution in [0, 0.1) is 0 Å². The molecule has 0 bridgehead atoms. The second-order valence-corrected chi connectivity index (χ2v) is 6.91. The van der Waals surface area contributed by atoms with Crippen LogP contribution in [-0.4, -0.2) is 81.5 Å². The molecular weight excluding hydrogens is 316 g/mol. The van der Waals surface area contributed by atoms with Gasteiger partial charge in [-0.2, -0.15) is 5.10 Å². The van der Waals surface area contributed by atoms with Crippen molar-refractivity contribution in [3.05, 3.63) is 29.7 Å². The van der Waals surface area contributed by atoms with Gasteiger partial charge in [-0.25, -0.2) is 9.50 Å². The average molecular weight is 344 g/mol. The average Bonchev–Trinajstić information content (AvgIpc) is 3.26. The maximum absolute atomic E-state index is 12.9. The summed E-state index contributed by atoms with van der Waals surface area (Å²) in [5.41, 5.74) is 2.34. The van der Waals surface area contributed by atoms with E-state index in [2.05, 4.69) is 47.8 Å².